The maximum atomic E-state index is 5.90. The number of anilines is 1. The molecule has 0 radical (unpaired) electrons. The van der Waals surface area contributed by atoms with E-state index < -0.39 is 0 Å². The lowest BCUT2D eigenvalue weighted by molar-refractivity contribution is 0.252. The molecule has 25 heavy (non-hydrogen) atoms. The zero-order chi connectivity index (χ0) is 16.6. The van der Waals surface area contributed by atoms with Gasteiger partial charge in [0.15, 0.2) is 0 Å². The normalized spacial score (nSPS) is 31.4. The van der Waals surface area contributed by atoms with E-state index in [1.54, 1.807) is 0 Å². The molecule has 0 spiro atoms. The first-order valence-corrected chi connectivity index (χ1v) is 8.94. The molecule has 0 N–H and O–H groups in total. The second-order valence-electron chi connectivity index (χ2n) is 7.01. The highest BCUT2D eigenvalue weighted by Crippen LogP contribution is 2.32. The number of rotatable bonds is 11. The Morgan fingerprint density at radius 3 is 1.56 bits per heavy atom. The van der Waals surface area contributed by atoms with Crippen LogP contribution in [0.2, 0.25) is 0 Å². The van der Waals surface area contributed by atoms with Crippen LogP contribution in [0, 0.1) is 0 Å². The topological polar surface area (TPSA) is 71.8 Å². The lowest BCUT2D eigenvalue weighted by Gasteiger charge is -2.24. The van der Waals surface area contributed by atoms with Gasteiger partial charge in [-0.3, -0.25) is 0 Å². The maximum absolute atomic E-state index is 5.90. The Bertz CT molecular complexity index is 561. The second-order valence-corrected chi connectivity index (χ2v) is 7.01. The van der Waals surface area contributed by atoms with Gasteiger partial charge >= 0.3 is 0 Å². The molecule has 1 aromatic rings. The van der Waals surface area contributed by atoms with Gasteiger partial charge in [0.1, 0.15) is 36.9 Å². The summed E-state index contributed by atoms with van der Waals surface area (Å²) in [5.74, 6) is 1.61. The fourth-order valence-corrected chi connectivity index (χ4v) is 2.74. The van der Waals surface area contributed by atoms with Crippen molar-refractivity contribution in [1.29, 1.82) is 0 Å². The third-order valence-electron chi connectivity index (χ3n) is 4.56. The van der Waals surface area contributed by atoms with Crippen molar-refractivity contribution in [2.24, 2.45) is 0 Å². The van der Waals surface area contributed by atoms with Crippen molar-refractivity contribution in [3.8, 4) is 11.5 Å². The Balaban J connectivity index is 1.33. The van der Waals surface area contributed by atoms with E-state index in [2.05, 4.69) is 17.0 Å². The average molecular weight is 349 g/mol. The lowest BCUT2D eigenvalue weighted by atomic mass is 10.2. The van der Waals surface area contributed by atoms with Crippen molar-refractivity contribution >= 4 is 5.69 Å². The predicted molar refractivity (Wildman–Crippen MR) is 88.6 cm³/mol. The van der Waals surface area contributed by atoms with E-state index >= 15 is 0 Å². The summed E-state index contributed by atoms with van der Waals surface area (Å²) in [6.07, 6.45) is 1.08. The minimum Gasteiger partial charge on any atom is -0.491 e. The molecule has 4 heterocycles. The largest absolute Gasteiger partial charge is 0.491 e. The van der Waals surface area contributed by atoms with Gasteiger partial charge in [-0.25, -0.2) is 0 Å². The van der Waals surface area contributed by atoms with Crippen molar-refractivity contribution in [2.45, 2.75) is 24.4 Å². The summed E-state index contributed by atoms with van der Waals surface area (Å²) in [6, 6.07) is 6.06. The molecule has 4 saturated heterocycles. The van der Waals surface area contributed by atoms with Crippen molar-refractivity contribution in [2.75, 3.05) is 57.6 Å². The molecule has 7 nitrogen and oxygen atoms in total. The first kappa shape index (κ1) is 15.7. The van der Waals surface area contributed by atoms with E-state index in [1.807, 2.05) is 6.07 Å². The van der Waals surface area contributed by atoms with Crippen LogP contribution in [0.5, 0.6) is 11.5 Å². The van der Waals surface area contributed by atoms with Crippen LogP contribution in [0.25, 0.3) is 0 Å². The van der Waals surface area contributed by atoms with Crippen LogP contribution in [0.15, 0.2) is 18.2 Å². The summed E-state index contributed by atoms with van der Waals surface area (Å²) < 4.78 is 33.1. The molecular weight excluding hydrogens is 326 g/mol. The molecule has 4 aliphatic rings. The molecule has 0 amide bonds. The molecule has 5 rings (SSSR count). The zero-order valence-electron chi connectivity index (χ0n) is 14.1. The number of nitrogens with zero attached hydrogens (tertiary/aromatic N) is 1. The van der Waals surface area contributed by atoms with Gasteiger partial charge in [0.05, 0.1) is 38.6 Å². The van der Waals surface area contributed by atoms with E-state index in [0.29, 0.717) is 25.4 Å². The minimum atomic E-state index is 0.226. The van der Waals surface area contributed by atoms with Gasteiger partial charge in [0.25, 0.3) is 0 Å². The quantitative estimate of drug-likeness (QED) is 0.548. The van der Waals surface area contributed by atoms with Gasteiger partial charge < -0.3 is 33.3 Å². The van der Waals surface area contributed by atoms with Gasteiger partial charge in [0, 0.05) is 37.0 Å². The van der Waals surface area contributed by atoms with E-state index in [0.717, 1.165) is 56.7 Å². The number of epoxide rings is 4. The smallest absolute Gasteiger partial charge is 0.125 e. The summed E-state index contributed by atoms with van der Waals surface area (Å²) >= 11 is 0. The third-order valence-corrected chi connectivity index (χ3v) is 4.56. The Labute approximate surface area is 146 Å². The van der Waals surface area contributed by atoms with Gasteiger partial charge in [-0.2, -0.15) is 0 Å². The Morgan fingerprint density at radius 1 is 0.720 bits per heavy atom. The number of ether oxygens (including phenoxy) is 6. The van der Waals surface area contributed by atoms with Crippen LogP contribution >= 0.6 is 0 Å². The highest BCUT2D eigenvalue weighted by molar-refractivity contribution is 5.56. The SMILES string of the molecule is c1c(OCC2CO2)cc(N(CC2CO2)CC2CO2)cc1OCC1CO1. The van der Waals surface area contributed by atoms with Crippen LogP contribution in [0.1, 0.15) is 0 Å². The Kier molecular flexibility index (Phi) is 4.17. The zero-order valence-corrected chi connectivity index (χ0v) is 14.1. The van der Waals surface area contributed by atoms with E-state index in [1.165, 1.54) is 0 Å². The number of benzene rings is 1. The molecule has 4 unspecified atom stereocenters. The van der Waals surface area contributed by atoms with E-state index in [4.69, 9.17) is 28.4 Å². The predicted octanol–water partition coefficient (Wildman–Crippen LogP) is 0.846. The van der Waals surface area contributed by atoms with Crippen molar-refractivity contribution < 1.29 is 28.4 Å². The van der Waals surface area contributed by atoms with E-state index in [-0.39, 0.29) is 12.2 Å². The Hall–Kier alpha value is -1.54. The molecule has 0 aromatic heterocycles. The lowest BCUT2D eigenvalue weighted by Crippen LogP contribution is -2.31. The minimum absolute atomic E-state index is 0.226. The van der Waals surface area contributed by atoms with Crippen LogP contribution < -0.4 is 14.4 Å². The molecule has 4 fully saturated rings. The van der Waals surface area contributed by atoms with E-state index in [9.17, 15) is 0 Å². The van der Waals surface area contributed by atoms with Gasteiger partial charge in [-0.15, -0.1) is 0 Å². The number of hydrogen-bond donors (Lipinski definition) is 0. The summed E-state index contributed by atoms with van der Waals surface area (Å²) in [7, 11) is 0. The molecule has 4 atom stereocenters. The first-order chi connectivity index (χ1) is 12.3. The Morgan fingerprint density at radius 2 is 1.16 bits per heavy atom. The fraction of sp³-hybridized carbons (Fsp3) is 0.667. The number of hydrogen-bond acceptors (Lipinski definition) is 7. The molecule has 0 aliphatic carbocycles. The summed E-state index contributed by atoms with van der Waals surface area (Å²) in [5, 5.41) is 0. The molecule has 4 aliphatic heterocycles. The molecule has 0 saturated carbocycles. The molecule has 0 bridgehead atoms. The second kappa shape index (κ2) is 6.64. The van der Waals surface area contributed by atoms with Crippen molar-refractivity contribution in [3.63, 3.8) is 0 Å². The average Bonchev–Trinajstić information content (AvgIpc) is 3.48. The fourth-order valence-electron chi connectivity index (χ4n) is 2.74. The van der Waals surface area contributed by atoms with Gasteiger partial charge in [-0.1, -0.05) is 0 Å². The first-order valence-electron chi connectivity index (χ1n) is 8.94. The van der Waals surface area contributed by atoms with Crippen LogP contribution in [-0.4, -0.2) is 77.1 Å². The summed E-state index contributed by atoms with van der Waals surface area (Å²) in [4.78, 5) is 2.30. The molecule has 136 valence electrons. The summed E-state index contributed by atoms with van der Waals surface area (Å²) in [5.41, 5.74) is 1.08. The maximum Gasteiger partial charge on any atom is 0.125 e. The molecule has 1 aromatic carbocycles. The third kappa shape index (κ3) is 4.76. The highest BCUT2D eigenvalue weighted by Gasteiger charge is 2.31. The van der Waals surface area contributed by atoms with Gasteiger partial charge in [0.2, 0.25) is 0 Å². The molecule has 7 heteroatoms. The summed E-state index contributed by atoms with van der Waals surface area (Å²) in [6.45, 7) is 6.11. The van der Waals surface area contributed by atoms with Crippen LogP contribution in [-0.2, 0) is 18.9 Å². The standard InChI is InChI=1S/C18H23NO6/c1-12(19(4-15-6-22-15)5-16-7-23-16)2-14(21-9-18-11-25-18)3-13(1)20-8-17-10-24-17/h1-3,15-18H,4-11H2. The van der Waals surface area contributed by atoms with Gasteiger partial charge in [-0.05, 0) is 0 Å². The van der Waals surface area contributed by atoms with Crippen molar-refractivity contribution in [1.82, 2.24) is 0 Å². The highest BCUT2D eigenvalue weighted by atomic mass is 16.6. The van der Waals surface area contributed by atoms with Crippen molar-refractivity contribution in [3.05, 3.63) is 18.2 Å². The van der Waals surface area contributed by atoms with Crippen LogP contribution in [0.4, 0.5) is 5.69 Å². The molecular formula is C18H23NO6. The van der Waals surface area contributed by atoms with Crippen LogP contribution in [0.3, 0.4) is 0 Å². The monoisotopic (exact) mass is 349 g/mol.